The zero-order chi connectivity index (χ0) is 29.1. The number of β-lactam (4-membered cyclic amide) rings is 1. The molecule has 39 heavy (non-hydrogen) atoms. The maximum atomic E-state index is 13.2. The smallest absolute Gasteiger partial charge is 0.418 e. The maximum Gasteiger partial charge on any atom is 0.418 e. The summed E-state index contributed by atoms with van der Waals surface area (Å²) in [5.74, 6) is -3.46. The van der Waals surface area contributed by atoms with Crippen LogP contribution in [-0.4, -0.2) is 70.4 Å². The van der Waals surface area contributed by atoms with Crippen LogP contribution in [0, 0.1) is 11.3 Å². The Balaban J connectivity index is 1.76. The first-order valence-corrected chi connectivity index (χ1v) is 13.2. The minimum atomic E-state index is -4.97. The van der Waals surface area contributed by atoms with Gasteiger partial charge in [-0.05, 0) is 38.1 Å². The summed E-state index contributed by atoms with van der Waals surface area (Å²) in [6, 6.07) is 6.09. The molecule has 0 saturated carbocycles. The minimum absolute atomic E-state index is 0.00193. The van der Waals surface area contributed by atoms with Gasteiger partial charge in [-0.25, -0.2) is 4.98 Å². The average Bonchev–Trinajstić information content (AvgIpc) is 3.28. The fraction of sp³-hybridized carbons (Fsp3) is 0.333. The van der Waals surface area contributed by atoms with Crippen LogP contribution in [-0.2, 0) is 33.9 Å². The van der Waals surface area contributed by atoms with Gasteiger partial charge in [-0.3, -0.25) is 24.3 Å². The Morgan fingerprint density at radius 1 is 1.28 bits per heavy atom. The second-order valence-corrected chi connectivity index (χ2v) is 10.6. The molecule has 1 fully saturated rings. The van der Waals surface area contributed by atoms with E-state index in [1.165, 1.54) is 43.5 Å². The molecule has 0 aliphatic carbocycles. The summed E-state index contributed by atoms with van der Waals surface area (Å²) in [5.41, 5.74) is 15.3. The van der Waals surface area contributed by atoms with Crippen molar-refractivity contribution in [3.05, 3.63) is 40.9 Å². The highest BCUT2D eigenvalue weighted by Gasteiger charge is 2.57. The Labute approximate surface area is 226 Å². The van der Waals surface area contributed by atoms with Crippen LogP contribution in [0.25, 0.3) is 0 Å². The number of nitrogen functional groups attached to an aromatic ring is 2. The normalized spacial score (nSPS) is 17.7. The number of anilines is 1. The first-order valence-electron chi connectivity index (χ1n) is 11.0. The van der Waals surface area contributed by atoms with Gasteiger partial charge in [-0.2, -0.15) is 13.5 Å². The highest BCUT2D eigenvalue weighted by molar-refractivity contribution is 7.80. The number of primary amides is 1. The molecule has 2 heterocycles. The number of ether oxygens (including phenoxy) is 1. The summed E-state index contributed by atoms with van der Waals surface area (Å²) in [6.45, 7) is 2.46. The van der Waals surface area contributed by atoms with E-state index in [0.717, 1.165) is 11.3 Å². The van der Waals surface area contributed by atoms with Gasteiger partial charge in [0.15, 0.2) is 16.6 Å². The molecule has 2 amide bonds. The zero-order valence-corrected chi connectivity index (χ0v) is 22.2. The van der Waals surface area contributed by atoms with E-state index in [-0.39, 0.29) is 22.4 Å². The van der Waals surface area contributed by atoms with E-state index in [1.54, 1.807) is 0 Å². The third kappa shape index (κ3) is 7.05. The molecule has 1 aromatic heterocycles. The number of benzene rings is 1. The number of thiazole rings is 1. The van der Waals surface area contributed by atoms with E-state index in [1.807, 2.05) is 0 Å². The lowest BCUT2D eigenvalue weighted by atomic mass is 9.74. The monoisotopic (exact) mass is 583 g/mol. The molecule has 1 aliphatic rings. The second-order valence-electron chi connectivity index (χ2n) is 8.72. The molecule has 0 bridgehead atoms. The highest BCUT2D eigenvalue weighted by Crippen LogP contribution is 2.40. The highest BCUT2D eigenvalue weighted by atomic mass is 32.3. The van der Waals surface area contributed by atoms with Gasteiger partial charge >= 0.3 is 10.4 Å². The molecule has 18 heteroatoms. The first-order chi connectivity index (χ1) is 18.1. The van der Waals surface area contributed by atoms with Crippen LogP contribution in [0.1, 0.15) is 31.5 Å². The van der Waals surface area contributed by atoms with Crippen LogP contribution in [0.5, 0.6) is 5.75 Å². The average molecular weight is 584 g/mol. The lowest BCUT2D eigenvalue weighted by Crippen LogP contribution is -2.68. The summed E-state index contributed by atoms with van der Waals surface area (Å²) >= 11 is 0.995. The number of amidine groups is 1. The van der Waals surface area contributed by atoms with Crippen molar-refractivity contribution in [3.8, 4) is 5.75 Å². The van der Waals surface area contributed by atoms with Gasteiger partial charge in [0.1, 0.15) is 23.9 Å². The van der Waals surface area contributed by atoms with Crippen LogP contribution >= 0.6 is 11.3 Å². The number of hydrogen-bond acceptors (Lipinski definition) is 13. The molecular weight excluding hydrogens is 558 g/mol. The first kappa shape index (κ1) is 29.4. The van der Waals surface area contributed by atoms with Crippen molar-refractivity contribution < 1.29 is 41.2 Å². The van der Waals surface area contributed by atoms with Gasteiger partial charge in [0.25, 0.3) is 11.8 Å². The number of hydroxylamine groups is 2. The second kappa shape index (κ2) is 11.3. The number of amides is 2. The molecule has 1 aromatic carbocycles. The molecule has 16 nitrogen and oxygen atoms in total. The van der Waals surface area contributed by atoms with Crippen molar-refractivity contribution in [1.29, 1.82) is 5.41 Å². The third-order valence-corrected chi connectivity index (χ3v) is 6.63. The molecule has 0 spiro atoms. The van der Waals surface area contributed by atoms with E-state index in [4.69, 9.17) is 36.7 Å². The number of hydrogen-bond donors (Lipinski definition) is 5. The van der Waals surface area contributed by atoms with Gasteiger partial charge in [0.2, 0.25) is 6.10 Å². The number of carbonyl (C=O) groups excluding carboxylic acids is 3. The molecule has 210 valence electrons. The SMILES string of the molecule is CC1(C)C(CC(=O)/C(=N\OC(COc2ccc(C(=N)N)cc2)C(N)=O)c2csc(N)n2)C(=O)N1OS(=O)(=O)O. The van der Waals surface area contributed by atoms with Crippen molar-refractivity contribution >= 4 is 56.0 Å². The number of aromatic nitrogens is 1. The molecule has 3 rings (SSSR count). The summed E-state index contributed by atoms with van der Waals surface area (Å²) in [7, 11) is -4.97. The number of oxime groups is 1. The summed E-state index contributed by atoms with van der Waals surface area (Å²) in [5, 5.41) is 13.1. The lowest BCUT2D eigenvalue weighted by Gasteiger charge is -2.50. The van der Waals surface area contributed by atoms with Gasteiger partial charge in [0.05, 0.1) is 11.5 Å². The van der Waals surface area contributed by atoms with Gasteiger partial charge < -0.3 is 26.8 Å². The number of carbonyl (C=O) groups is 3. The van der Waals surface area contributed by atoms with Gasteiger partial charge in [-0.1, -0.05) is 5.16 Å². The molecule has 2 atom stereocenters. The van der Waals surface area contributed by atoms with Gasteiger partial charge in [-0.15, -0.1) is 15.6 Å². The molecule has 2 unspecified atom stereocenters. The van der Waals surface area contributed by atoms with Crippen LogP contribution in [0.4, 0.5) is 5.13 Å². The van der Waals surface area contributed by atoms with Gasteiger partial charge in [0, 0.05) is 17.4 Å². The quantitative estimate of drug-likeness (QED) is 0.0662. The number of Topliss-reactive ketones (excluding diaryl/α,β-unsaturated/α-hetero) is 1. The lowest BCUT2D eigenvalue weighted by molar-refractivity contribution is -0.228. The maximum absolute atomic E-state index is 13.2. The van der Waals surface area contributed by atoms with E-state index in [0.29, 0.717) is 16.4 Å². The summed E-state index contributed by atoms with van der Waals surface area (Å²) in [6.07, 6.45) is -1.92. The van der Waals surface area contributed by atoms with Crippen molar-refractivity contribution in [2.45, 2.75) is 31.9 Å². The number of nitrogens with zero attached hydrogens (tertiary/aromatic N) is 3. The molecule has 8 N–H and O–H groups in total. The Bertz CT molecular complexity index is 1420. The van der Waals surface area contributed by atoms with Crippen molar-refractivity contribution in [2.24, 2.45) is 22.5 Å². The minimum Gasteiger partial charge on any atom is -0.489 e. The molecule has 2 aromatic rings. The Kier molecular flexibility index (Phi) is 8.54. The number of nitrogens with one attached hydrogen (secondary N) is 1. The Morgan fingerprint density at radius 2 is 1.92 bits per heavy atom. The summed E-state index contributed by atoms with van der Waals surface area (Å²) < 4.78 is 40.8. The molecular formula is C21H25N7O9S2. The van der Waals surface area contributed by atoms with E-state index < -0.39 is 58.6 Å². The van der Waals surface area contributed by atoms with E-state index in [2.05, 4.69) is 14.4 Å². The van der Waals surface area contributed by atoms with E-state index >= 15 is 0 Å². The van der Waals surface area contributed by atoms with Crippen molar-refractivity contribution in [2.75, 3.05) is 12.3 Å². The van der Waals surface area contributed by atoms with Crippen molar-refractivity contribution in [3.63, 3.8) is 0 Å². The van der Waals surface area contributed by atoms with Crippen LogP contribution in [0.3, 0.4) is 0 Å². The molecule has 0 radical (unpaired) electrons. The zero-order valence-electron chi connectivity index (χ0n) is 20.6. The predicted octanol–water partition coefficient (Wildman–Crippen LogP) is -0.406. The predicted molar refractivity (Wildman–Crippen MR) is 137 cm³/mol. The van der Waals surface area contributed by atoms with Crippen molar-refractivity contribution in [1.82, 2.24) is 10.0 Å². The molecule has 1 saturated heterocycles. The standard InChI is InChI=1S/C21H25N7O9S2/c1-21(2)12(19(31)28(21)37-39(32,33)34)7-14(29)16(13-9-38-20(25)26-13)27-36-15(18(24)30)8-35-11-5-3-10(4-6-11)17(22)23/h3-6,9,12,15H,7-8H2,1-2H3,(H3,22,23)(H2,24,30)(H2,25,26)(H,32,33,34)/b27-16-. The summed E-state index contributed by atoms with van der Waals surface area (Å²) in [4.78, 5) is 46.8. The molecule has 1 aliphatic heterocycles. The Morgan fingerprint density at radius 3 is 2.41 bits per heavy atom. The van der Waals surface area contributed by atoms with Crippen LogP contribution in [0.15, 0.2) is 34.8 Å². The fourth-order valence-electron chi connectivity index (χ4n) is 3.47. The fourth-order valence-corrected chi connectivity index (χ4v) is 4.47. The third-order valence-electron chi connectivity index (χ3n) is 5.62. The number of nitrogens with two attached hydrogens (primary N) is 3. The van der Waals surface area contributed by atoms with Crippen LogP contribution in [0.2, 0.25) is 0 Å². The van der Waals surface area contributed by atoms with Crippen LogP contribution < -0.4 is 21.9 Å². The Hall–Kier alpha value is -4.13. The van der Waals surface area contributed by atoms with E-state index in [9.17, 15) is 22.8 Å². The number of rotatable bonds is 13. The largest absolute Gasteiger partial charge is 0.489 e. The number of ketones is 1. The topological polar surface area (TPSA) is 264 Å².